The van der Waals surface area contributed by atoms with Gasteiger partial charge in [-0.15, -0.1) is 0 Å². The van der Waals surface area contributed by atoms with E-state index in [4.69, 9.17) is 15.2 Å². The fourth-order valence-corrected chi connectivity index (χ4v) is 2.62. The number of hydrogen-bond acceptors (Lipinski definition) is 6. The third-order valence-electron chi connectivity index (χ3n) is 4.29. The normalized spacial score (nSPS) is 10.8. The number of carbonyl (C=O) groups is 2. The molecule has 6 nitrogen and oxygen atoms in total. The van der Waals surface area contributed by atoms with Crippen molar-refractivity contribution in [2.45, 2.75) is 46.5 Å². The molecule has 1 aromatic carbocycles. The van der Waals surface area contributed by atoms with Crippen molar-refractivity contribution >= 4 is 17.6 Å². The second-order valence-corrected chi connectivity index (χ2v) is 6.13. The molecular weight excluding hydrogens is 332 g/mol. The van der Waals surface area contributed by atoms with E-state index in [-0.39, 0.29) is 23.4 Å². The van der Waals surface area contributed by atoms with Gasteiger partial charge < -0.3 is 20.1 Å². The van der Waals surface area contributed by atoms with Gasteiger partial charge in [0.15, 0.2) is 0 Å². The molecule has 0 aliphatic heterocycles. The Morgan fingerprint density at radius 3 is 2.31 bits per heavy atom. The quantitative estimate of drug-likeness (QED) is 0.347. The molecule has 0 spiro atoms. The first-order valence-corrected chi connectivity index (χ1v) is 9.50. The Bertz CT molecular complexity index is 571. The largest absolute Gasteiger partial charge is 0.462 e. The molecule has 1 rings (SSSR count). The van der Waals surface area contributed by atoms with Gasteiger partial charge in [0.25, 0.3) is 0 Å². The predicted octanol–water partition coefficient (Wildman–Crippen LogP) is 3.50. The molecule has 0 unspecified atom stereocenters. The molecule has 0 amide bonds. The molecule has 0 heterocycles. The van der Waals surface area contributed by atoms with Crippen LogP contribution < -0.4 is 5.73 Å². The maximum atomic E-state index is 12.4. The van der Waals surface area contributed by atoms with E-state index < -0.39 is 11.9 Å². The number of carbonyl (C=O) groups excluding carboxylic acids is 2. The van der Waals surface area contributed by atoms with Gasteiger partial charge in [0.05, 0.1) is 17.7 Å². The summed E-state index contributed by atoms with van der Waals surface area (Å²) in [4.78, 5) is 26.9. The summed E-state index contributed by atoms with van der Waals surface area (Å²) >= 11 is 0. The highest BCUT2D eigenvalue weighted by molar-refractivity contribution is 6.06. The van der Waals surface area contributed by atoms with Gasteiger partial charge >= 0.3 is 11.9 Å². The van der Waals surface area contributed by atoms with Gasteiger partial charge in [-0.25, -0.2) is 9.59 Å². The summed E-state index contributed by atoms with van der Waals surface area (Å²) in [5.41, 5.74) is 6.39. The average molecular weight is 364 g/mol. The lowest BCUT2D eigenvalue weighted by atomic mass is 10.1. The molecule has 0 radical (unpaired) electrons. The lowest BCUT2D eigenvalue weighted by Gasteiger charge is -2.18. The maximum absolute atomic E-state index is 12.4. The number of anilines is 1. The number of unbranched alkanes of at least 4 members (excludes halogenated alkanes) is 3. The van der Waals surface area contributed by atoms with E-state index in [1.54, 1.807) is 18.2 Å². The van der Waals surface area contributed by atoms with Crippen LogP contribution in [-0.2, 0) is 9.47 Å². The molecule has 0 aliphatic rings. The zero-order chi connectivity index (χ0) is 19.4. The second kappa shape index (κ2) is 12.3. The smallest absolute Gasteiger partial charge is 0.341 e. The summed E-state index contributed by atoms with van der Waals surface area (Å²) in [5.74, 6) is -1.13. The number of nitrogens with two attached hydrogens (primary N) is 1. The van der Waals surface area contributed by atoms with Gasteiger partial charge in [-0.3, -0.25) is 0 Å². The molecule has 146 valence electrons. The molecule has 0 fully saturated rings. The summed E-state index contributed by atoms with van der Waals surface area (Å²) in [7, 11) is 0. The minimum absolute atomic E-state index is 0.0885. The van der Waals surface area contributed by atoms with Crippen molar-refractivity contribution in [3.63, 3.8) is 0 Å². The van der Waals surface area contributed by atoms with E-state index in [0.717, 1.165) is 38.8 Å². The summed E-state index contributed by atoms with van der Waals surface area (Å²) in [6.07, 6.45) is 4.05. The SMILES string of the molecule is CCCCCCOC(=O)c1cccc(N)c1C(=O)OCCN(CC)CC. The molecule has 0 atom stereocenters. The van der Waals surface area contributed by atoms with Crippen molar-refractivity contribution in [3.05, 3.63) is 29.3 Å². The number of likely N-dealkylation sites (N-methyl/N-ethyl adjacent to an activating group) is 1. The van der Waals surface area contributed by atoms with Crippen LogP contribution in [-0.4, -0.2) is 49.7 Å². The van der Waals surface area contributed by atoms with Crippen LogP contribution in [0.2, 0.25) is 0 Å². The Hall–Kier alpha value is -2.08. The van der Waals surface area contributed by atoms with Crippen molar-refractivity contribution in [1.82, 2.24) is 4.90 Å². The summed E-state index contributed by atoms with van der Waals surface area (Å²) in [6, 6.07) is 4.76. The monoisotopic (exact) mass is 364 g/mol. The van der Waals surface area contributed by atoms with E-state index in [1.165, 1.54) is 0 Å². The Kier molecular flexibility index (Phi) is 10.4. The number of benzene rings is 1. The fourth-order valence-electron chi connectivity index (χ4n) is 2.62. The third-order valence-corrected chi connectivity index (χ3v) is 4.29. The Morgan fingerprint density at radius 2 is 1.65 bits per heavy atom. The van der Waals surface area contributed by atoms with Crippen LogP contribution >= 0.6 is 0 Å². The van der Waals surface area contributed by atoms with Gasteiger partial charge in [0, 0.05) is 12.2 Å². The third kappa shape index (κ3) is 7.04. The van der Waals surface area contributed by atoms with Crippen LogP contribution in [0.4, 0.5) is 5.69 Å². The van der Waals surface area contributed by atoms with E-state index >= 15 is 0 Å². The van der Waals surface area contributed by atoms with Crippen LogP contribution in [0.25, 0.3) is 0 Å². The Morgan fingerprint density at radius 1 is 0.962 bits per heavy atom. The highest BCUT2D eigenvalue weighted by atomic mass is 16.5. The van der Waals surface area contributed by atoms with Crippen LogP contribution in [0, 0.1) is 0 Å². The Balaban J connectivity index is 2.69. The molecule has 26 heavy (non-hydrogen) atoms. The highest BCUT2D eigenvalue weighted by Crippen LogP contribution is 2.19. The summed E-state index contributed by atoms with van der Waals surface area (Å²) in [6.45, 7) is 9.22. The van der Waals surface area contributed by atoms with Gasteiger partial charge in [-0.1, -0.05) is 46.1 Å². The number of esters is 2. The number of ether oxygens (including phenoxy) is 2. The zero-order valence-electron chi connectivity index (χ0n) is 16.3. The molecule has 0 saturated carbocycles. The molecule has 6 heteroatoms. The lowest BCUT2D eigenvalue weighted by Crippen LogP contribution is -2.28. The van der Waals surface area contributed by atoms with Crippen LogP contribution in [0.15, 0.2) is 18.2 Å². The van der Waals surface area contributed by atoms with Crippen molar-refractivity contribution in [3.8, 4) is 0 Å². The van der Waals surface area contributed by atoms with Crippen molar-refractivity contribution in [2.24, 2.45) is 0 Å². The van der Waals surface area contributed by atoms with Gasteiger partial charge in [0.1, 0.15) is 6.61 Å². The first-order valence-electron chi connectivity index (χ1n) is 9.50. The maximum Gasteiger partial charge on any atom is 0.341 e. The topological polar surface area (TPSA) is 81.9 Å². The van der Waals surface area contributed by atoms with E-state index in [0.29, 0.717) is 13.2 Å². The highest BCUT2D eigenvalue weighted by Gasteiger charge is 2.22. The van der Waals surface area contributed by atoms with Crippen molar-refractivity contribution < 1.29 is 19.1 Å². The van der Waals surface area contributed by atoms with Crippen LogP contribution in [0.5, 0.6) is 0 Å². The van der Waals surface area contributed by atoms with Gasteiger partial charge in [0.2, 0.25) is 0 Å². The molecule has 0 saturated heterocycles. The number of rotatable bonds is 12. The zero-order valence-corrected chi connectivity index (χ0v) is 16.3. The van der Waals surface area contributed by atoms with Gasteiger partial charge in [-0.05, 0) is 31.6 Å². The predicted molar refractivity (Wildman–Crippen MR) is 103 cm³/mol. The lowest BCUT2D eigenvalue weighted by molar-refractivity contribution is 0.0434. The van der Waals surface area contributed by atoms with E-state index in [1.807, 2.05) is 0 Å². The summed E-state index contributed by atoms with van der Waals surface area (Å²) in [5, 5.41) is 0. The first-order chi connectivity index (χ1) is 12.5. The van der Waals surface area contributed by atoms with E-state index in [9.17, 15) is 9.59 Å². The van der Waals surface area contributed by atoms with Crippen molar-refractivity contribution in [2.75, 3.05) is 38.6 Å². The second-order valence-electron chi connectivity index (χ2n) is 6.13. The molecule has 0 aliphatic carbocycles. The molecule has 0 bridgehead atoms. The van der Waals surface area contributed by atoms with Crippen LogP contribution in [0.3, 0.4) is 0 Å². The van der Waals surface area contributed by atoms with Crippen LogP contribution in [0.1, 0.15) is 67.2 Å². The fraction of sp³-hybridized carbons (Fsp3) is 0.600. The number of hydrogen-bond donors (Lipinski definition) is 1. The van der Waals surface area contributed by atoms with E-state index in [2.05, 4.69) is 25.7 Å². The minimum Gasteiger partial charge on any atom is -0.462 e. The molecular formula is C20H32N2O4. The average Bonchev–Trinajstić information content (AvgIpc) is 2.64. The summed E-state index contributed by atoms with van der Waals surface area (Å²) < 4.78 is 10.6. The molecule has 2 N–H and O–H groups in total. The van der Waals surface area contributed by atoms with Crippen molar-refractivity contribution in [1.29, 1.82) is 0 Å². The van der Waals surface area contributed by atoms with Gasteiger partial charge in [-0.2, -0.15) is 0 Å². The Labute approximate surface area is 156 Å². The molecule has 0 aromatic heterocycles. The standard InChI is InChI=1S/C20H32N2O4/c1-4-7-8-9-14-25-19(23)16-11-10-12-17(21)18(16)20(24)26-15-13-22(5-2)6-3/h10-12H,4-9,13-15,21H2,1-3H3. The molecule has 1 aromatic rings. The minimum atomic E-state index is -0.590. The number of nitrogen functional groups attached to an aromatic ring is 1. The first kappa shape index (κ1) is 22.0. The number of nitrogens with zero attached hydrogens (tertiary/aromatic N) is 1.